The molecule has 52 heavy (non-hydrogen) atoms. The molecule has 6 heteroatoms. The summed E-state index contributed by atoms with van der Waals surface area (Å²) in [6.07, 6.45) is 18.5. The second-order valence-electron chi connectivity index (χ2n) is 13.1. The molecule has 6 nitrogen and oxygen atoms in total. The van der Waals surface area contributed by atoms with Crippen LogP contribution in [0.2, 0.25) is 0 Å². The van der Waals surface area contributed by atoms with Crippen LogP contribution < -0.4 is 9.47 Å². The summed E-state index contributed by atoms with van der Waals surface area (Å²) in [4.78, 5) is 26.1. The number of hydrogen-bond acceptors (Lipinski definition) is 6. The lowest BCUT2D eigenvalue weighted by atomic mass is 10.0. The van der Waals surface area contributed by atoms with Gasteiger partial charge in [-0.15, -0.1) is 0 Å². The van der Waals surface area contributed by atoms with Gasteiger partial charge in [0.1, 0.15) is 11.5 Å². The van der Waals surface area contributed by atoms with Crippen LogP contribution >= 0.6 is 0 Å². The van der Waals surface area contributed by atoms with Gasteiger partial charge in [-0.3, -0.25) is 14.8 Å². The maximum absolute atomic E-state index is 12.1. The zero-order valence-corrected chi connectivity index (χ0v) is 30.8. The third-order valence-corrected chi connectivity index (χ3v) is 8.99. The van der Waals surface area contributed by atoms with Gasteiger partial charge in [-0.25, -0.2) is 4.98 Å². The first-order chi connectivity index (χ1) is 25.7. The molecule has 0 unspecified atom stereocenters. The van der Waals surface area contributed by atoms with Crippen molar-refractivity contribution in [3.63, 3.8) is 0 Å². The standard InChI is InChI=1S/C46H51N3O3/c1-3-5-7-9-11-17-29-51-45-34-40(35-50)46(52-30-18-12-10-8-6-4-2)33-38(45)26-23-36-21-24-37(25-22-36)39-31-43(41-19-13-15-27-47-41)49-44(32-39)42-20-14-16-28-48-42/h13-16,19-22,24-25,27-28,31-35H,3-12,17-18,29-30H2,1-2H3. The van der Waals surface area contributed by atoms with Gasteiger partial charge in [0.2, 0.25) is 0 Å². The Labute approximate surface area is 310 Å². The number of ether oxygens (including phenoxy) is 2. The van der Waals surface area contributed by atoms with Gasteiger partial charge in [-0.1, -0.05) is 114 Å². The Morgan fingerprint density at radius 1 is 0.558 bits per heavy atom. The fourth-order valence-corrected chi connectivity index (χ4v) is 6.01. The molecule has 0 radical (unpaired) electrons. The Balaban J connectivity index is 1.37. The Hall–Kier alpha value is -5.28. The highest BCUT2D eigenvalue weighted by Gasteiger charge is 2.13. The number of nitrogens with zero attached hydrogens (tertiary/aromatic N) is 3. The lowest BCUT2D eigenvalue weighted by Crippen LogP contribution is -2.04. The number of benzene rings is 2. The number of pyridine rings is 3. The Bertz CT molecular complexity index is 1820. The second-order valence-corrected chi connectivity index (χ2v) is 13.1. The number of aromatic nitrogens is 3. The van der Waals surface area contributed by atoms with E-state index in [4.69, 9.17) is 14.5 Å². The van der Waals surface area contributed by atoms with Gasteiger partial charge in [-0.05, 0) is 78.6 Å². The van der Waals surface area contributed by atoms with Crippen LogP contribution in [-0.4, -0.2) is 34.5 Å². The molecule has 0 fully saturated rings. The summed E-state index contributed by atoms with van der Waals surface area (Å²) in [7, 11) is 0. The zero-order valence-electron chi connectivity index (χ0n) is 30.8. The van der Waals surface area contributed by atoms with Gasteiger partial charge in [0.15, 0.2) is 6.29 Å². The molecule has 0 N–H and O–H groups in total. The van der Waals surface area contributed by atoms with E-state index in [2.05, 4.69) is 59.9 Å². The van der Waals surface area contributed by atoms with Crippen LogP contribution in [0.1, 0.15) is 112 Å². The molecule has 2 aromatic carbocycles. The first kappa shape index (κ1) is 38.0. The van der Waals surface area contributed by atoms with E-state index in [1.807, 2.05) is 54.6 Å². The summed E-state index contributed by atoms with van der Waals surface area (Å²) >= 11 is 0. The largest absolute Gasteiger partial charge is 0.493 e. The monoisotopic (exact) mass is 693 g/mol. The van der Waals surface area contributed by atoms with Crippen LogP contribution in [0.4, 0.5) is 0 Å². The van der Waals surface area contributed by atoms with Crippen molar-refractivity contribution < 1.29 is 14.3 Å². The van der Waals surface area contributed by atoms with E-state index in [-0.39, 0.29) is 0 Å². The highest BCUT2D eigenvalue weighted by Crippen LogP contribution is 2.30. The number of hydrogen-bond donors (Lipinski definition) is 0. The number of carbonyl (C=O) groups is 1. The van der Waals surface area contributed by atoms with E-state index < -0.39 is 0 Å². The molecule has 0 bridgehead atoms. The summed E-state index contributed by atoms with van der Waals surface area (Å²) < 4.78 is 12.4. The lowest BCUT2D eigenvalue weighted by molar-refractivity contribution is 0.111. The summed E-state index contributed by atoms with van der Waals surface area (Å²) in [5, 5.41) is 0. The van der Waals surface area contributed by atoms with Crippen molar-refractivity contribution in [2.24, 2.45) is 0 Å². The third-order valence-electron chi connectivity index (χ3n) is 8.99. The molecule has 5 rings (SSSR count). The van der Waals surface area contributed by atoms with Gasteiger partial charge in [-0.2, -0.15) is 0 Å². The Morgan fingerprint density at radius 3 is 1.65 bits per heavy atom. The number of carbonyl (C=O) groups excluding carboxylic acids is 1. The first-order valence-electron chi connectivity index (χ1n) is 19.0. The molecule has 0 saturated heterocycles. The van der Waals surface area contributed by atoms with E-state index >= 15 is 0 Å². The van der Waals surface area contributed by atoms with Crippen molar-refractivity contribution in [3.8, 4) is 57.2 Å². The number of unbranched alkanes of at least 4 members (excludes halogenated alkanes) is 10. The van der Waals surface area contributed by atoms with Gasteiger partial charge < -0.3 is 9.47 Å². The fourth-order valence-electron chi connectivity index (χ4n) is 6.01. The van der Waals surface area contributed by atoms with Gasteiger partial charge in [0.05, 0.1) is 47.1 Å². The minimum absolute atomic E-state index is 0.492. The average molecular weight is 694 g/mol. The number of aldehydes is 1. The quantitative estimate of drug-likeness (QED) is 0.0459. The van der Waals surface area contributed by atoms with Gasteiger partial charge >= 0.3 is 0 Å². The van der Waals surface area contributed by atoms with E-state index in [0.29, 0.717) is 35.8 Å². The van der Waals surface area contributed by atoms with E-state index in [9.17, 15) is 4.79 Å². The van der Waals surface area contributed by atoms with Crippen molar-refractivity contribution >= 4 is 6.29 Å². The van der Waals surface area contributed by atoms with E-state index in [1.165, 1.54) is 51.4 Å². The summed E-state index contributed by atoms with van der Waals surface area (Å²) in [5.74, 6) is 7.85. The molecular weight excluding hydrogens is 643 g/mol. The molecule has 0 aliphatic carbocycles. The second kappa shape index (κ2) is 21.2. The van der Waals surface area contributed by atoms with E-state index in [0.717, 1.165) is 71.4 Å². The van der Waals surface area contributed by atoms with Crippen molar-refractivity contribution in [2.45, 2.75) is 90.9 Å². The van der Waals surface area contributed by atoms with Crippen molar-refractivity contribution in [2.75, 3.05) is 13.2 Å². The van der Waals surface area contributed by atoms with Crippen molar-refractivity contribution in [1.82, 2.24) is 15.0 Å². The van der Waals surface area contributed by atoms with E-state index in [1.54, 1.807) is 18.5 Å². The molecule has 268 valence electrons. The summed E-state index contributed by atoms with van der Waals surface area (Å²) in [5.41, 5.74) is 7.28. The van der Waals surface area contributed by atoms with Crippen LogP contribution in [0, 0.1) is 11.8 Å². The smallest absolute Gasteiger partial charge is 0.153 e. The Morgan fingerprint density at radius 2 is 1.12 bits per heavy atom. The van der Waals surface area contributed by atoms with Gasteiger partial charge in [0, 0.05) is 24.0 Å². The molecule has 0 aliphatic heterocycles. The summed E-state index contributed by atoms with van der Waals surface area (Å²) in [6, 6.07) is 27.6. The average Bonchev–Trinajstić information content (AvgIpc) is 3.20. The fraction of sp³-hybridized carbons (Fsp3) is 0.348. The highest BCUT2D eigenvalue weighted by atomic mass is 16.5. The van der Waals surface area contributed by atoms with Crippen LogP contribution in [0.5, 0.6) is 11.5 Å². The first-order valence-corrected chi connectivity index (χ1v) is 19.0. The topological polar surface area (TPSA) is 74.2 Å². The molecule has 0 atom stereocenters. The highest BCUT2D eigenvalue weighted by molar-refractivity contribution is 5.81. The third kappa shape index (κ3) is 11.6. The normalized spacial score (nSPS) is 10.7. The molecule has 5 aromatic rings. The molecule has 0 aliphatic rings. The molecular formula is C46H51N3O3. The number of rotatable bonds is 20. The predicted octanol–water partition coefficient (Wildman–Crippen LogP) is 11.6. The van der Waals surface area contributed by atoms with Crippen LogP contribution in [0.25, 0.3) is 33.9 Å². The lowest BCUT2D eigenvalue weighted by Gasteiger charge is -2.14. The van der Waals surface area contributed by atoms with Crippen LogP contribution in [0.15, 0.2) is 97.3 Å². The molecule has 3 aromatic heterocycles. The zero-order chi connectivity index (χ0) is 36.2. The maximum Gasteiger partial charge on any atom is 0.153 e. The summed E-state index contributed by atoms with van der Waals surface area (Å²) in [6.45, 7) is 5.60. The van der Waals surface area contributed by atoms with Crippen molar-refractivity contribution in [1.29, 1.82) is 0 Å². The minimum Gasteiger partial charge on any atom is -0.493 e. The van der Waals surface area contributed by atoms with Crippen LogP contribution in [0.3, 0.4) is 0 Å². The molecule has 3 heterocycles. The maximum atomic E-state index is 12.1. The SMILES string of the molecule is CCCCCCCCOc1cc(C=O)c(OCCCCCCCC)cc1C#Cc1ccc(-c2cc(-c3ccccn3)nc(-c3ccccn3)c2)cc1. The Kier molecular flexibility index (Phi) is 15.5. The predicted molar refractivity (Wildman–Crippen MR) is 212 cm³/mol. The van der Waals surface area contributed by atoms with Crippen molar-refractivity contribution in [3.05, 3.63) is 114 Å². The molecule has 0 amide bonds. The van der Waals surface area contributed by atoms with Gasteiger partial charge in [0.25, 0.3) is 0 Å². The molecule has 0 saturated carbocycles. The van der Waals surface area contributed by atoms with Crippen LogP contribution in [-0.2, 0) is 0 Å². The minimum atomic E-state index is 0.492. The molecule has 0 spiro atoms.